The number of esters is 2. The summed E-state index contributed by atoms with van der Waals surface area (Å²) in [6, 6.07) is 4.93. The van der Waals surface area contributed by atoms with Gasteiger partial charge in [-0.3, -0.25) is 14.6 Å². The van der Waals surface area contributed by atoms with Gasteiger partial charge in [-0.15, -0.1) is 0 Å². The number of Topliss-reactive ketones (excluding diaryl/α,β-unsaturated/α-hetero) is 1. The molecule has 26 heavy (non-hydrogen) atoms. The van der Waals surface area contributed by atoms with Crippen LogP contribution in [0.2, 0.25) is 0 Å². The van der Waals surface area contributed by atoms with E-state index in [1.807, 2.05) is 0 Å². The van der Waals surface area contributed by atoms with Gasteiger partial charge in [0.05, 0.1) is 29.5 Å². The quantitative estimate of drug-likeness (QED) is 0.603. The van der Waals surface area contributed by atoms with Crippen molar-refractivity contribution in [2.24, 2.45) is 5.41 Å². The molecule has 0 aliphatic carbocycles. The minimum Gasteiger partial charge on any atom is -0.465 e. The van der Waals surface area contributed by atoms with E-state index >= 15 is 0 Å². The van der Waals surface area contributed by atoms with Crippen LogP contribution in [0.5, 0.6) is 0 Å². The van der Waals surface area contributed by atoms with Gasteiger partial charge in [0.1, 0.15) is 0 Å². The number of carbonyl (C=O) groups is 3. The monoisotopic (exact) mass is 358 g/mol. The molecule has 0 aliphatic heterocycles. The highest BCUT2D eigenvalue weighted by Gasteiger charge is 2.24. The fourth-order valence-electron chi connectivity index (χ4n) is 2.16. The minimum atomic E-state index is -0.639. The molecule has 0 saturated heterocycles. The maximum Gasteiger partial charge on any atom is 0.339 e. The molecule has 0 bridgehead atoms. The van der Waals surface area contributed by atoms with Gasteiger partial charge in [0.15, 0.2) is 12.5 Å². The molecule has 0 amide bonds. The molecule has 0 unspecified atom stereocenters. The van der Waals surface area contributed by atoms with E-state index in [0.717, 1.165) is 0 Å². The molecule has 2 aromatic heterocycles. The van der Waals surface area contributed by atoms with Gasteiger partial charge in [-0.2, -0.15) is 0 Å². The lowest BCUT2D eigenvalue weighted by molar-refractivity contribution is -0.156. The van der Waals surface area contributed by atoms with Crippen molar-refractivity contribution in [1.82, 2.24) is 9.55 Å². The number of hydrogen-bond acceptors (Lipinski definition) is 6. The molecule has 7 heteroatoms. The molecular formula is C19H22N2O5. The average molecular weight is 358 g/mol. The first-order valence-electron chi connectivity index (χ1n) is 8.06. The Labute approximate surface area is 151 Å². The first-order chi connectivity index (χ1) is 12.1. The number of carbonyl (C=O) groups excluding carboxylic acids is 3. The number of hydrogen-bond donors (Lipinski definition) is 0. The van der Waals surface area contributed by atoms with Crippen molar-refractivity contribution in [3.05, 3.63) is 41.7 Å². The number of rotatable bonds is 5. The Morgan fingerprint density at radius 3 is 2.35 bits per heavy atom. The number of ether oxygens (including phenoxy) is 2. The van der Waals surface area contributed by atoms with E-state index in [1.165, 1.54) is 26.4 Å². The summed E-state index contributed by atoms with van der Waals surface area (Å²) in [5.74, 6) is -0.960. The summed E-state index contributed by atoms with van der Waals surface area (Å²) in [5.41, 5.74) is 1.27. The second kappa shape index (κ2) is 7.51. The van der Waals surface area contributed by atoms with E-state index in [1.54, 1.807) is 43.5 Å². The van der Waals surface area contributed by atoms with E-state index in [4.69, 9.17) is 9.47 Å². The summed E-state index contributed by atoms with van der Waals surface area (Å²) < 4.78 is 11.7. The van der Waals surface area contributed by atoms with E-state index in [0.29, 0.717) is 22.5 Å². The Morgan fingerprint density at radius 1 is 1.15 bits per heavy atom. The van der Waals surface area contributed by atoms with Gasteiger partial charge in [0, 0.05) is 18.0 Å². The van der Waals surface area contributed by atoms with Crippen molar-refractivity contribution in [1.29, 1.82) is 0 Å². The van der Waals surface area contributed by atoms with Gasteiger partial charge in [0.2, 0.25) is 0 Å². The highest BCUT2D eigenvalue weighted by molar-refractivity contribution is 5.94. The summed E-state index contributed by atoms with van der Waals surface area (Å²) >= 11 is 0. The Hall–Kier alpha value is -2.96. The largest absolute Gasteiger partial charge is 0.465 e. The molecule has 7 nitrogen and oxygen atoms in total. The second-order valence-corrected chi connectivity index (χ2v) is 6.87. The molecule has 0 aliphatic rings. The predicted molar refractivity (Wildman–Crippen MR) is 94.6 cm³/mol. The molecule has 0 spiro atoms. The van der Waals surface area contributed by atoms with Gasteiger partial charge in [0.25, 0.3) is 0 Å². The van der Waals surface area contributed by atoms with Crippen molar-refractivity contribution < 1.29 is 23.9 Å². The van der Waals surface area contributed by atoms with Gasteiger partial charge in [-0.1, -0.05) is 0 Å². The summed E-state index contributed by atoms with van der Waals surface area (Å²) in [4.78, 5) is 39.5. The summed E-state index contributed by atoms with van der Waals surface area (Å²) in [7, 11) is 1.29. The lowest BCUT2D eigenvalue weighted by Crippen LogP contribution is -2.24. The first-order valence-corrected chi connectivity index (χ1v) is 8.06. The smallest absolute Gasteiger partial charge is 0.339 e. The Bertz CT molecular complexity index is 829. The predicted octanol–water partition coefficient (Wildman–Crippen LogP) is 3.09. The highest BCUT2D eigenvalue weighted by atomic mass is 16.5. The zero-order valence-corrected chi connectivity index (χ0v) is 15.5. The summed E-state index contributed by atoms with van der Waals surface area (Å²) in [6.07, 6.45) is 3.01. The zero-order valence-electron chi connectivity index (χ0n) is 15.5. The molecule has 0 radical (unpaired) electrons. The molecular weight excluding hydrogens is 336 g/mol. The summed E-state index contributed by atoms with van der Waals surface area (Å²) in [5, 5.41) is 0. The van der Waals surface area contributed by atoms with Crippen molar-refractivity contribution in [3.8, 4) is 11.4 Å². The topological polar surface area (TPSA) is 87.5 Å². The van der Waals surface area contributed by atoms with E-state index in [-0.39, 0.29) is 18.5 Å². The molecule has 2 heterocycles. The maximum absolute atomic E-state index is 12.0. The molecule has 0 fully saturated rings. The van der Waals surface area contributed by atoms with Crippen LogP contribution in [-0.2, 0) is 21.0 Å². The van der Waals surface area contributed by atoms with E-state index in [9.17, 15) is 14.4 Å². The molecule has 0 atom stereocenters. The van der Waals surface area contributed by atoms with Crippen LogP contribution in [-0.4, -0.2) is 34.4 Å². The number of aromatic nitrogens is 2. The third-order valence-electron chi connectivity index (χ3n) is 3.70. The molecule has 2 aromatic rings. The van der Waals surface area contributed by atoms with Crippen LogP contribution in [0.4, 0.5) is 0 Å². The van der Waals surface area contributed by atoms with Crippen molar-refractivity contribution in [3.63, 3.8) is 0 Å². The third kappa shape index (κ3) is 4.36. The van der Waals surface area contributed by atoms with Crippen LogP contribution in [0, 0.1) is 5.41 Å². The van der Waals surface area contributed by atoms with Gasteiger partial charge in [-0.05, 0) is 45.9 Å². The first kappa shape index (κ1) is 19.4. The summed E-state index contributed by atoms with van der Waals surface area (Å²) in [6.45, 7) is 6.66. The highest BCUT2D eigenvalue weighted by Crippen LogP contribution is 2.23. The molecule has 0 aromatic carbocycles. The normalized spacial score (nSPS) is 11.1. The fourth-order valence-corrected chi connectivity index (χ4v) is 2.16. The van der Waals surface area contributed by atoms with Gasteiger partial charge in [-0.25, -0.2) is 4.79 Å². The number of ketones is 1. The molecule has 2 rings (SSSR count). The van der Waals surface area contributed by atoms with Gasteiger partial charge < -0.3 is 14.0 Å². The molecule has 0 saturated carbocycles. The Kier molecular flexibility index (Phi) is 5.59. The average Bonchev–Trinajstić information content (AvgIpc) is 3.02. The Balaban J connectivity index is 2.36. The van der Waals surface area contributed by atoms with E-state index < -0.39 is 11.4 Å². The second-order valence-electron chi connectivity index (χ2n) is 6.87. The van der Waals surface area contributed by atoms with Crippen LogP contribution in [0.1, 0.15) is 48.4 Å². The third-order valence-corrected chi connectivity index (χ3v) is 3.70. The lowest BCUT2D eigenvalue weighted by atomic mass is 9.98. The van der Waals surface area contributed by atoms with Crippen molar-refractivity contribution in [2.75, 3.05) is 7.11 Å². The lowest BCUT2D eigenvalue weighted by Gasteiger charge is -2.17. The molecule has 0 N–H and O–H groups in total. The maximum atomic E-state index is 12.0. The SMILES string of the molecule is COC(=O)c1cc(-c2ccc(C(C)=O)cn2)n(COC(=O)C(C)(C)C)c1. The van der Waals surface area contributed by atoms with Crippen LogP contribution < -0.4 is 0 Å². The molecule has 138 valence electrons. The van der Waals surface area contributed by atoms with E-state index in [2.05, 4.69) is 4.98 Å². The van der Waals surface area contributed by atoms with Crippen LogP contribution in [0.25, 0.3) is 11.4 Å². The number of pyridine rings is 1. The van der Waals surface area contributed by atoms with Crippen molar-refractivity contribution >= 4 is 17.7 Å². The van der Waals surface area contributed by atoms with Gasteiger partial charge >= 0.3 is 11.9 Å². The van der Waals surface area contributed by atoms with Crippen molar-refractivity contribution in [2.45, 2.75) is 34.4 Å². The fraction of sp³-hybridized carbons (Fsp3) is 0.368. The standard InChI is InChI=1S/C19H22N2O5/c1-12(22)13-6-7-15(20-9-13)16-8-14(17(23)25-5)10-21(16)11-26-18(24)19(2,3)4/h6-10H,11H2,1-5H3. The zero-order chi connectivity index (χ0) is 19.5. The number of nitrogens with zero attached hydrogens (tertiary/aromatic N) is 2. The van der Waals surface area contributed by atoms with Crippen LogP contribution >= 0.6 is 0 Å². The van der Waals surface area contributed by atoms with Crippen LogP contribution in [0.3, 0.4) is 0 Å². The number of methoxy groups -OCH3 is 1. The van der Waals surface area contributed by atoms with Crippen LogP contribution in [0.15, 0.2) is 30.6 Å². The Morgan fingerprint density at radius 2 is 1.85 bits per heavy atom. The minimum absolute atomic E-state index is 0.0709.